The van der Waals surface area contributed by atoms with E-state index in [0.717, 1.165) is 19.4 Å². The number of carbonyl (C=O) groups is 1. The highest BCUT2D eigenvalue weighted by Gasteiger charge is 2.28. The van der Waals surface area contributed by atoms with Crippen LogP contribution in [0.25, 0.3) is 0 Å². The van der Waals surface area contributed by atoms with E-state index in [9.17, 15) is 13.2 Å². The van der Waals surface area contributed by atoms with Gasteiger partial charge in [0.2, 0.25) is 10.0 Å². The van der Waals surface area contributed by atoms with Crippen LogP contribution in [0.2, 0.25) is 0 Å². The van der Waals surface area contributed by atoms with Crippen molar-refractivity contribution in [3.05, 3.63) is 35.4 Å². The highest BCUT2D eigenvalue weighted by molar-refractivity contribution is 7.88. The Morgan fingerprint density at radius 1 is 1.43 bits per heavy atom. The topological polar surface area (TPSA) is 75.7 Å². The fourth-order valence-corrected chi connectivity index (χ4v) is 4.57. The molecule has 0 radical (unpaired) electrons. The SMILES string of the molecule is CNCC1CCCN(S(=O)(=O)Cc2cccc(C(=O)OC)c2)C1. The molecule has 1 heterocycles. The van der Waals surface area contributed by atoms with Crippen LogP contribution < -0.4 is 5.32 Å². The van der Waals surface area contributed by atoms with Crippen LogP contribution in [-0.2, 0) is 20.5 Å². The summed E-state index contributed by atoms with van der Waals surface area (Å²) in [7, 11) is -0.196. The van der Waals surface area contributed by atoms with E-state index in [4.69, 9.17) is 0 Å². The first-order valence-corrected chi connectivity index (χ1v) is 9.37. The van der Waals surface area contributed by atoms with Crippen LogP contribution in [0, 0.1) is 5.92 Å². The molecular weight excluding hydrogens is 316 g/mol. The fraction of sp³-hybridized carbons (Fsp3) is 0.562. The lowest BCUT2D eigenvalue weighted by Gasteiger charge is -2.31. The lowest BCUT2D eigenvalue weighted by Crippen LogP contribution is -2.42. The van der Waals surface area contributed by atoms with Crippen LogP contribution in [-0.4, -0.2) is 52.5 Å². The zero-order valence-electron chi connectivity index (χ0n) is 13.6. The van der Waals surface area contributed by atoms with E-state index in [1.165, 1.54) is 7.11 Å². The van der Waals surface area contributed by atoms with Gasteiger partial charge < -0.3 is 10.1 Å². The average molecular weight is 340 g/mol. The number of carbonyl (C=O) groups excluding carboxylic acids is 1. The third kappa shape index (κ3) is 4.76. The van der Waals surface area contributed by atoms with Crippen LogP contribution in [0.3, 0.4) is 0 Å². The maximum Gasteiger partial charge on any atom is 0.337 e. The van der Waals surface area contributed by atoms with E-state index >= 15 is 0 Å². The molecule has 0 bridgehead atoms. The van der Waals surface area contributed by atoms with E-state index in [0.29, 0.717) is 30.1 Å². The predicted octanol–water partition coefficient (Wildman–Crippen LogP) is 1.23. The fourth-order valence-electron chi connectivity index (χ4n) is 2.94. The van der Waals surface area contributed by atoms with Gasteiger partial charge in [-0.3, -0.25) is 0 Å². The highest BCUT2D eigenvalue weighted by Crippen LogP contribution is 2.21. The second kappa shape index (κ2) is 7.90. The summed E-state index contributed by atoms with van der Waals surface area (Å²) < 4.78 is 31.5. The van der Waals surface area contributed by atoms with Crippen molar-refractivity contribution in [2.24, 2.45) is 5.92 Å². The molecule has 0 aliphatic carbocycles. The van der Waals surface area contributed by atoms with Gasteiger partial charge in [-0.15, -0.1) is 0 Å². The van der Waals surface area contributed by atoms with Crippen LogP contribution >= 0.6 is 0 Å². The molecule has 7 heteroatoms. The van der Waals surface area contributed by atoms with E-state index in [2.05, 4.69) is 10.1 Å². The van der Waals surface area contributed by atoms with Crippen molar-refractivity contribution in [2.75, 3.05) is 33.8 Å². The van der Waals surface area contributed by atoms with Crippen molar-refractivity contribution in [2.45, 2.75) is 18.6 Å². The van der Waals surface area contributed by atoms with Crippen molar-refractivity contribution in [3.63, 3.8) is 0 Å². The molecule has 2 rings (SSSR count). The molecule has 1 aliphatic heterocycles. The van der Waals surface area contributed by atoms with Gasteiger partial charge in [0, 0.05) is 13.1 Å². The summed E-state index contributed by atoms with van der Waals surface area (Å²) in [5.74, 6) is -0.203. The molecule has 0 saturated carbocycles. The maximum absolute atomic E-state index is 12.6. The number of piperidine rings is 1. The summed E-state index contributed by atoms with van der Waals surface area (Å²) >= 11 is 0. The lowest BCUT2D eigenvalue weighted by molar-refractivity contribution is 0.0600. The van der Waals surface area contributed by atoms with Crippen LogP contribution in [0.1, 0.15) is 28.8 Å². The minimum atomic E-state index is -3.38. The molecule has 1 unspecified atom stereocenters. The van der Waals surface area contributed by atoms with Gasteiger partial charge in [0.25, 0.3) is 0 Å². The van der Waals surface area contributed by atoms with E-state index in [-0.39, 0.29) is 5.75 Å². The number of esters is 1. The van der Waals surface area contributed by atoms with Gasteiger partial charge in [0.05, 0.1) is 18.4 Å². The molecule has 128 valence electrons. The van der Waals surface area contributed by atoms with Gasteiger partial charge in [-0.2, -0.15) is 0 Å². The Balaban J connectivity index is 2.10. The summed E-state index contributed by atoms with van der Waals surface area (Å²) in [5.41, 5.74) is 0.968. The van der Waals surface area contributed by atoms with Gasteiger partial charge in [-0.25, -0.2) is 17.5 Å². The van der Waals surface area contributed by atoms with Crippen molar-refractivity contribution in [3.8, 4) is 0 Å². The number of sulfonamides is 1. The Morgan fingerprint density at radius 2 is 2.22 bits per heavy atom. The van der Waals surface area contributed by atoms with Crippen LogP contribution in [0.4, 0.5) is 0 Å². The number of ether oxygens (including phenoxy) is 1. The molecule has 1 aromatic carbocycles. The first-order chi connectivity index (χ1) is 11.0. The largest absolute Gasteiger partial charge is 0.465 e. The molecule has 0 aromatic heterocycles. The van der Waals surface area contributed by atoms with Gasteiger partial charge in [-0.1, -0.05) is 12.1 Å². The van der Waals surface area contributed by atoms with Crippen molar-refractivity contribution < 1.29 is 17.9 Å². The van der Waals surface area contributed by atoms with Gasteiger partial charge in [-0.05, 0) is 50.0 Å². The first kappa shape index (κ1) is 17.9. The molecule has 1 atom stereocenters. The number of hydrogen-bond donors (Lipinski definition) is 1. The predicted molar refractivity (Wildman–Crippen MR) is 88.6 cm³/mol. The molecule has 6 nitrogen and oxygen atoms in total. The third-order valence-electron chi connectivity index (χ3n) is 4.07. The maximum atomic E-state index is 12.6. The molecule has 1 fully saturated rings. The number of methoxy groups -OCH3 is 1. The van der Waals surface area contributed by atoms with Crippen molar-refractivity contribution in [1.29, 1.82) is 0 Å². The van der Waals surface area contributed by atoms with Crippen LogP contribution in [0.5, 0.6) is 0 Å². The smallest absolute Gasteiger partial charge is 0.337 e. The standard InChI is InChI=1S/C16H24N2O4S/c1-17-10-14-6-4-8-18(11-14)23(20,21)12-13-5-3-7-15(9-13)16(19)22-2/h3,5,7,9,14,17H,4,6,8,10-12H2,1-2H3. The van der Waals surface area contributed by atoms with Gasteiger partial charge >= 0.3 is 5.97 Å². The Bertz CT molecular complexity index is 643. The molecule has 1 saturated heterocycles. The minimum Gasteiger partial charge on any atom is -0.465 e. The number of nitrogens with zero attached hydrogens (tertiary/aromatic N) is 1. The monoisotopic (exact) mass is 340 g/mol. The number of benzene rings is 1. The third-order valence-corrected chi connectivity index (χ3v) is 5.88. The molecule has 1 aromatic rings. The zero-order valence-corrected chi connectivity index (χ0v) is 14.4. The van der Waals surface area contributed by atoms with E-state index in [1.54, 1.807) is 28.6 Å². The van der Waals surface area contributed by atoms with Crippen LogP contribution in [0.15, 0.2) is 24.3 Å². The number of nitrogens with one attached hydrogen (secondary N) is 1. The van der Waals surface area contributed by atoms with E-state index < -0.39 is 16.0 Å². The number of rotatable bonds is 6. The zero-order chi connectivity index (χ0) is 16.9. The second-order valence-electron chi connectivity index (χ2n) is 5.87. The van der Waals surface area contributed by atoms with Gasteiger partial charge in [0.1, 0.15) is 0 Å². The summed E-state index contributed by atoms with van der Waals surface area (Å²) in [5, 5.41) is 3.11. The molecule has 0 spiro atoms. The molecule has 1 N–H and O–H groups in total. The average Bonchev–Trinajstić information content (AvgIpc) is 2.54. The summed E-state index contributed by atoms with van der Waals surface area (Å²) in [4.78, 5) is 11.6. The van der Waals surface area contributed by atoms with Crippen molar-refractivity contribution in [1.82, 2.24) is 9.62 Å². The Labute approximate surface area is 137 Å². The van der Waals surface area contributed by atoms with Crippen molar-refractivity contribution >= 4 is 16.0 Å². The minimum absolute atomic E-state index is 0.0931. The Hall–Kier alpha value is -1.44. The molecule has 23 heavy (non-hydrogen) atoms. The lowest BCUT2D eigenvalue weighted by atomic mass is 10.00. The summed E-state index contributed by atoms with van der Waals surface area (Å²) in [6, 6.07) is 6.60. The number of hydrogen-bond acceptors (Lipinski definition) is 5. The summed E-state index contributed by atoms with van der Waals surface area (Å²) in [6.07, 6.45) is 1.93. The Morgan fingerprint density at radius 3 is 2.91 bits per heavy atom. The molecule has 1 aliphatic rings. The highest BCUT2D eigenvalue weighted by atomic mass is 32.2. The normalized spacial score (nSPS) is 19.5. The second-order valence-corrected chi connectivity index (χ2v) is 7.84. The molecule has 0 amide bonds. The summed E-state index contributed by atoms with van der Waals surface area (Å²) in [6.45, 7) is 1.95. The van der Waals surface area contributed by atoms with Gasteiger partial charge in [0.15, 0.2) is 0 Å². The quantitative estimate of drug-likeness (QED) is 0.789. The first-order valence-electron chi connectivity index (χ1n) is 7.76. The van der Waals surface area contributed by atoms with E-state index in [1.807, 2.05) is 7.05 Å². The molecular formula is C16H24N2O4S. The Kier molecular flexibility index (Phi) is 6.15.